The molecule has 1 aromatic heterocycles. The number of aromatic amines is 1. The van der Waals surface area contributed by atoms with Gasteiger partial charge < -0.3 is 5.11 Å². The minimum Gasteiger partial charge on any atom is -0.478 e. The van der Waals surface area contributed by atoms with Crippen molar-refractivity contribution >= 4 is 17.7 Å². The fourth-order valence-corrected chi connectivity index (χ4v) is 3.57. The summed E-state index contributed by atoms with van der Waals surface area (Å²) in [6, 6.07) is 6.99. The van der Waals surface area contributed by atoms with E-state index in [4.69, 9.17) is 5.11 Å². The van der Waals surface area contributed by atoms with Crippen LogP contribution in [0.3, 0.4) is 0 Å². The molecule has 0 amide bonds. The Balaban J connectivity index is 1.61. The Morgan fingerprint density at radius 3 is 2.91 bits per heavy atom. The number of nitrogens with one attached hydrogen (secondary N) is 1. The van der Waals surface area contributed by atoms with E-state index in [1.54, 1.807) is 18.2 Å². The minimum absolute atomic E-state index is 0.316. The molecule has 0 unspecified atom stereocenters. The summed E-state index contributed by atoms with van der Waals surface area (Å²) < 4.78 is 0. The Bertz CT molecular complexity index is 650. The molecule has 1 heterocycles. The number of benzene rings is 1. The van der Waals surface area contributed by atoms with Crippen molar-refractivity contribution < 1.29 is 9.90 Å². The fourth-order valence-electron chi connectivity index (χ4n) is 2.82. The van der Waals surface area contributed by atoms with Crippen molar-refractivity contribution in [2.75, 3.05) is 0 Å². The summed E-state index contributed by atoms with van der Waals surface area (Å²) in [6.45, 7) is 0. The van der Waals surface area contributed by atoms with Gasteiger partial charge in [0.1, 0.15) is 5.82 Å². The van der Waals surface area contributed by atoms with E-state index in [-0.39, 0.29) is 0 Å². The van der Waals surface area contributed by atoms with E-state index in [0.717, 1.165) is 16.5 Å². The molecule has 0 bridgehead atoms. The van der Waals surface area contributed by atoms with Gasteiger partial charge in [-0.05, 0) is 30.5 Å². The van der Waals surface area contributed by atoms with Crippen LogP contribution >= 0.6 is 11.8 Å². The first-order valence-electron chi connectivity index (χ1n) is 7.60. The summed E-state index contributed by atoms with van der Waals surface area (Å²) in [7, 11) is 0. The third-order valence-corrected chi connectivity index (χ3v) is 4.93. The average Bonchev–Trinajstić information content (AvgIpc) is 3.03. The number of aromatic nitrogens is 3. The molecule has 0 spiro atoms. The Morgan fingerprint density at radius 1 is 1.32 bits per heavy atom. The lowest BCUT2D eigenvalue weighted by Crippen LogP contribution is -2.06. The minimum atomic E-state index is -0.899. The van der Waals surface area contributed by atoms with Crippen molar-refractivity contribution in [3.8, 4) is 0 Å². The molecule has 1 aromatic carbocycles. The van der Waals surface area contributed by atoms with Gasteiger partial charge in [-0.1, -0.05) is 43.2 Å². The van der Waals surface area contributed by atoms with Gasteiger partial charge >= 0.3 is 5.97 Å². The van der Waals surface area contributed by atoms with Crippen LogP contribution in [-0.2, 0) is 5.75 Å². The summed E-state index contributed by atoms with van der Waals surface area (Å²) in [4.78, 5) is 15.6. The number of H-pyrrole nitrogens is 1. The maximum absolute atomic E-state index is 11.0. The molecular formula is C16H19N3O2S. The van der Waals surface area contributed by atoms with Crippen molar-refractivity contribution in [3.63, 3.8) is 0 Å². The number of nitrogens with zero attached hydrogens (tertiary/aromatic N) is 2. The van der Waals surface area contributed by atoms with Crippen LogP contribution in [0.4, 0.5) is 0 Å². The van der Waals surface area contributed by atoms with Crippen molar-refractivity contribution in [1.82, 2.24) is 15.2 Å². The van der Waals surface area contributed by atoms with Crippen LogP contribution in [-0.4, -0.2) is 26.3 Å². The Hall–Kier alpha value is -1.82. The van der Waals surface area contributed by atoms with Crippen molar-refractivity contribution in [2.24, 2.45) is 0 Å². The molecule has 22 heavy (non-hydrogen) atoms. The zero-order chi connectivity index (χ0) is 15.4. The Morgan fingerprint density at radius 2 is 2.14 bits per heavy atom. The van der Waals surface area contributed by atoms with Crippen LogP contribution in [0.1, 0.15) is 59.8 Å². The van der Waals surface area contributed by atoms with Crippen molar-refractivity contribution in [3.05, 3.63) is 41.2 Å². The molecule has 1 aliphatic carbocycles. The smallest absolute Gasteiger partial charge is 0.335 e. The number of carboxylic acids is 1. The Labute approximate surface area is 133 Å². The number of aromatic carboxylic acids is 1. The predicted molar refractivity (Wildman–Crippen MR) is 85.2 cm³/mol. The van der Waals surface area contributed by atoms with Gasteiger partial charge in [-0.25, -0.2) is 9.78 Å². The molecule has 2 N–H and O–H groups in total. The fraction of sp³-hybridized carbons (Fsp3) is 0.438. The van der Waals surface area contributed by atoms with E-state index >= 15 is 0 Å². The number of thioether (sulfide) groups is 1. The second kappa shape index (κ2) is 6.96. The van der Waals surface area contributed by atoms with Crippen LogP contribution in [0.5, 0.6) is 0 Å². The summed E-state index contributed by atoms with van der Waals surface area (Å²) in [5, 5.41) is 17.1. The SMILES string of the molecule is O=C(O)c1cccc(CSc2n[nH]c(C3CCCCC3)n2)c1. The number of carbonyl (C=O) groups is 1. The first-order chi connectivity index (χ1) is 10.7. The highest BCUT2D eigenvalue weighted by molar-refractivity contribution is 7.98. The third-order valence-electron chi connectivity index (χ3n) is 4.02. The number of hydrogen-bond acceptors (Lipinski definition) is 4. The molecule has 0 aliphatic heterocycles. The zero-order valence-corrected chi connectivity index (χ0v) is 13.1. The predicted octanol–water partition coefficient (Wildman–Crippen LogP) is 3.84. The quantitative estimate of drug-likeness (QED) is 0.819. The molecule has 2 aromatic rings. The van der Waals surface area contributed by atoms with Gasteiger partial charge in [0.25, 0.3) is 0 Å². The topological polar surface area (TPSA) is 78.9 Å². The Kier molecular flexibility index (Phi) is 4.77. The van der Waals surface area contributed by atoms with Crippen LogP contribution in [0.15, 0.2) is 29.4 Å². The maximum Gasteiger partial charge on any atom is 0.335 e. The van der Waals surface area contributed by atoms with Crippen molar-refractivity contribution in [2.45, 2.75) is 48.9 Å². The molecule has 0 saturated heterocycles. The van der Waals surface area contributed by atoms with E-state index in [9.17, 15) is 4.79 Å². The lowest BCUT2D eigenvalue weighted by molar-refractivity contribution is 0.0697. The number of rotatable bonds is 5. The van der Waals surface area contributed by atoms with Gasteiger partial charge in [0, 0.05) is 11.7 Å². The molecule has 1 fully saturated rings. The number of hydrogen-bond donors (Lipinski definition) is 2. The highest BCUT2D eigenvalue weighted by Crippen LogP contribution is 2.31. The summed E-state index contributed by atoms with van der Waals surface area (Å²) in [5.74, 6) is 1.29. The molecule has 0 radical (unpaired) electrons. The molecule has 116 valence electrons. The van der Waals surface area contributed by atoms with E-state index in [2.05, 4.69) is 15.2 Å². The molecular weight excluding hydrogens is 298 g/mol. The van der Waals surface area contributed by atoms with Crippen LogP contribution in [0, 0.1) is 0 Å². The summed E-state index contributed by atoms with van der Waals surface area (Å²) >= 11 is 1.53. The first-order valence-corrected chi connectivity index (χ1v) is 8.58. The highest BCUT2D eigenvalue weighted by Gasteiger charge is 2.19. The first kappa shape index (κ1) is 15.1. The van der Waals surface area contributed by atoms with Gasteiger partial charge in [0.2, 0.25) is 5.16 Å². The maximum atomic E-state index is 11.0. The van der Waals surface area contributed by atoms with Gasteiger partial charge in [0.15, 0.2) is 0 Å². The van der Waals surface area contributed by atoms with Crippen LogP contribution in [0.25, 0.3) is 0 Å². The lowest BCUT2D eigenvalue weighted by Gasteiger charge is -2.18. The van der Waals surface area contributed by atoms with E-state index < -0.39 is 5.97 Å². The van der Waals surface area contributed by atoms with Gasteiger partial charge in [0.05, 0.1) is 5.56 Å². The lowest BCUT2D eigenvalue weighted by atomic mass is 9.89. The molecule has 3 rings (SSSR count). The zero-order valence-electron chi connectivity index (χ0n) is 12.3. The highest BCUT2D eigenvalue weighted by atomic mass is 32.2. The number of carboxylic acid groups (broad SMARTS) is 1. The molecule has 1 aliphatic rings. The van der Waals surface area contributed by atoms with Gasteiger partial charge in [-0.15, -0.1) is 5.10 Å². The largest absolute Gasteiger partial charge is 0.478 e. The van der Waals surface area contributed by atoms with Crippen molar-refractivity contribution in [1.29, 1.82) is 0 Å². The van der Waals surface area contributed by atoms with Crippen LogP contribution in [0.2, 0.25) is 0 Å². The summed E-state index contributed by atoms with van der Waals surface area (Å²) in [6.07, 6.45) is 6.26. The molecule has 6 heteroatoms. The standard InChI is InChI=1S/C16H19N3O2S/c20-15(21)13-8-4-5-11(9-13)10-22-16-17-14(18-19-16)12-6-2-1-3-7-12/h4-5,8-9,12H,1-3,6-7,10H2,(H,20,21)(H,17,18,19). The van der Waals surface area contributed by atoms with Crippen LogP contribution < -0.4 is 0 Å². The van der Waals surface area contributed by atoms with E-state index in [1.165, 1.54) is 43.9 Å². The second-order valence-corrected chi connectivity index (χ2v) is 6.57. The third kappa shape index (κ3) is 3.68. The van der Waals surface area contributed by atoms with E-state index in [1.807, 2.05) is 6.07 Å². The normalized spacial score (nSPS) is 15.8. The van der Waals surface area contributed by atoms with E-state index in [0.29, 0.717) is 17.2 Å². The molecule has 0 atom stereocenters. The monoisotopic (exact) mass is 317 g/mol. The second-order valence-electron chi connectivity index (χ2n) is 5.63. The average molecular weight is 317 g/mol. The molecule has 1 saturated carbocycles. The molecule has 5 nitrogen and oxygen atoms in total. The van der Waals surface area contributed by atoms with Gasteiger partial charge in [-0.2, -0.15) is 0 Å². The summed E-state index contributed by atoms with van der Waals surface area (Å²) in [5.41, 5.74) is 1.28. The van der Waals surface area contributed by atoms with Gasteiger partial charge in [-0.3, -0.25) is 5.10 Å².